The molecule has 4 amide bonds. The van der Waals surface area contributed by atoms with Crippen molar-refractivity contribution in [3.05, 3.63) is 18.2 Å². The number of primary amides is 1. The fourth-order valence-corrected chi connectivity index (χ4v) is 3.20. The summed E-state index contributed by atoms with van der Waals surface area (Å²) in [7, 11) is 0. The molecular weight excluding hydrogens is 480 g/mol. The Morgan fingerprint density at radius 2 is 1.63 bits per heavy atom. The number of hydrogen-bond donors (Lipinski definition) is 9. The van der Waals surface area contributed by atoms with Gasteiger partial charge in [-0.3, -0.25) is 19.2 Å². The molecule has 0 saturated heterocycles. The number of aliphatic carboxylic acids is 1. The van der Waals surface area contributed by atoms with Gasteiger partial charge in [0.1, 0.15) is 18.1 Å². The van der Waals surface area contributed by atoms with Gasteiger partial charge in [0.25, 0.3) is 0 Å². The lowest BCUT2D eigenvalue weighted by Crippen LogP contribution is -2.58. The van der Waals surface area contributed by atoms with Crippen LogP contribution in [-0.2, 0) is 30.4 Å². The maximum Gasteiger partial charge on any atom is 0.326 e. The minimum atomic E-state index is -1.29. The Morgan fingerprint density at radius 3 is 2.17 bits per heavy atom. The lowest BCUT2D eigenvalue weighted by molar-refractivity contribution is -0.142. The van der Waals surface area contributed by atoms with Gasteiger partial charge in [-0.25, -0.2) is 9.78 Å². The number of H-pyrrole nitrogens is 1. The average molecular weight is 515 g/mol. The molecule has 0 aromatic carbocycles. The highest BCUT2D eigenvalue weighted by Crippen LogP contribution is 2.06. The van der Waals surface area contributed by atoms with Gasteiger partial charge >= 0.3 is 5.97 Å². The smallest absolute Gasteiger partial charge is 0.326 e. The SMILES string of the molecule is NCCCCC(NC(=O)C(CCC(N)=O)NC(=O)C(Cc1cnc[nH]1)NC(=O)C(N)CS)C(=O)O. The number of hydrogen-bond acceptors (Lipinski definition) is 9. The van der Waals surface area contributed by atoms with Crippen molar-refractivity contribution in [1.82, 2.24) is 25.9 Å². The summed E-state index contributed by atoms with van der Waals surface area (Å²) in [6.45, 7) is 0.373. The highest BCUT2D eigenvalue weighted by atomic mass is 32.1. The molecule has 4 atom stereocenters. The topological polar surface area (TPSA) is 248 Å². The van der Waals surface area contributed by atoms with Crippen LogP contribution in [0.2, 0.25) is 0 Å². The fraction of sp³-hybridized carbons (Fsp3) is 0.600. The summed E-state index contributed by atoms with van der Waals surface area (Å²) in [5.41, 5.74) is 16.8. The van der Waals surface area contributed by atoms with Crippen molar-refractivity contribution >= 4 is 42.2 Å². The van der Waals surface area contributed by atoms with E-state index in [0.29, 0.717) is 25.1 Å². The van der Waals surface area contributed by atoms with E-state index in [1.807, 2.05) is 0 Å². The summed E-state index contributed by atoms with van der Waals surface area (Å²) in [6.07, 6.45) is 3.61. The van der Waals surface area contributed by atoms with Gasteiger partial charge in [-0.15, -0.1) is 0 Å². The van der Waals surface area contributed by atoms with Crippen molar-refractivity contribution in [2.45, 2.75) is 62.7 Å². The molecule has 11 N–H and O–H groups in total. The quantitative estimate of drug-likeness (QED) is 0.0765. The molecule has 0 aliphatic rings. The first kappa shape index (κ1) is 29.9. The van der Waals surface area contributed by atoms with Crippen molar-refractivity contribution in [3.63, 3.8) is 0 Å². The molecular formula is C20H34N8O6S. The third-order valence-electron chi connectivity index (χ3n) is 5.02. The van der Waals surface area contributed by atoms with Crippen molar-refractivity contribution < 1.29 is 29.1 Å². The molecule has 14 nitrogen and oxygen atoms in total. The second-order valence-electron chi connectivity index (χ2n) is 7.88. The van der Waals surface area contributed by atoms with E-state index in [1.54, 1.807) is 0 Å². The number of nitrogens with one attached hydrogen (secondary N) is 4. The lowest BCUT2D eigenvalue weighted by Gasteiger charge is -2.25. The number of amides is 4. The Balaban J connectivity index is 3.02. The van der Waals surface area contributed by atoms with Gasteiger partial charge in [0.2, 0.25) is 23.6 Å². The minimum Gasteiger partial charge on any atom is -0.480 e. The van der Waals surface area contributed by atoms with Gasteiger partial charge in [0.05, 0.1) is 12.4 Å². The van der Waals surface area contributed by atoms with E-state index in [-0.39, 0.29) is 31.4 Å². The molecule has 1 heterocycles. The largest absolute Gasteiger partial charge is 0.480 e. The van der Waals surface area contributed by atoms with Gasteiger partial charge in [-0.1, -0.05) is 0 Å². The number of carbonyl (C=O) groups is 5. The number of carbonyl (C=O) groups excluding carboxylic acids is 4. The first-order chi connectivity index (χ1) is 16.6. The first-order valence-electron chi connectivity index (χ1n) is 11.0. The molecule has 0 aliphatic heterocycles. The standard InChI is InChI=1S/C20H34N8O6S/c21-6-2-1-3-14(20(33)34)27-18(31)13(4-5-16(23)29)26-19(32)15(7-11-8-24-10-25-11)28-17(30)12(22)9-35/h8,10,12-15,35H,1-7,9,21-22H2,(H2,23,29)(H,24,25)(H,26,32)(H,27,31)(H,28,30)(H,33,34). The number of aromatic nitrogens is 2. The van der Waals surface area contributed by atoms with Crippen LogP contribution in [0.25, 0.3) is 0 Å². The molecule has 1 aromatic rings. The molecule has 35 heavy (non-hydrogen) atoms. The number of carboxylic acid groups (broad SMARTS) is 1. The number of nitrogens with zero attached hydrogens (tertiary/aromatic N) is 1. The normalized spacial score (nSPS) is 14.3. The first-order valence-corrected chi connectivity index (χ1v) is 11.7. The van der Waals surface area contributed by atoms with Crippen LogP contribution < -0.4 is 33.2 Å². The van der Waals surface area contributed by atoms with Crippen LogP contribution in [0.4, 0.5) is 0 Å². The second-order valence-corrected chi connectivity index (χ2v) is 8.25. The van der Waals surface area contributed by atoms with Crippen molar-refractivity contribution in [2.75, 3.05) is 12.3 Å². The van der Waals surface area contributed by atoms with Crippen molar-refractivity contribution in [1.29, 1.82) is 0 Å². The third kappa shape index (κ3) is 11.2. The van der Waals surface area contributed by atoms with Crippen LogP contribution in [0.5, 0.6) is 0 Å². The predicted molar refractivity (Wildman–Crippen MR) is 129 cm³/mol. The highest BCUT2D eigenvalue weighted by molar-refractivity contribution is 7.80. The summed E-state index contributed by atoms with van der Waals surface area (Å²) in [4.78, 5) is 67.7. The molecule has 0 radical (unpaired) electrons. The zero-order chi connectivity index (χ0) is 26.4. The summed E-state index contributed by atoms with van der Waals surface area (Å²) < 4.78 is 0. The summed E-state index contributed by atoms with van der Waals surface area (Å²) in [6, 6.07) is -4.63. The highest BCUT2D eigenvalue weighted by Gasteiger charge is 2.30. The van der Waals surface area contributed by atoms with E-state index < -0.39 is 53.8 Å². The minimum absolute atomic E-state index is 0.00212. The molecule has 0 bridgehead atoms. The third-order valence-corrected chi connectivity index (χ3v) is 5.41. The number of rotatable bonds is 17. The van der Waals surface area contributed by atoms with Crippen LogP contribution in [0.1, 0.15) is 37.8 Å². The Labute approximate surface area is 207 Å². The molecule has 0 aliphatic carbocycles. The maximum absolute atomic E-state index is 13.1. The summed E-state index contributed by atoms with van der Waals surface area (Å²) in [5, 5.41) is 16.8. The van der Waals surface area contributed by atoms with Gasteiger partial charge in [0, 0.05) is 30.5 Å². The Hall–Kier alpha value is -3.17. The van der Waals surface area contributed by atoms with E-state index >= 15 is 0 Å². The lowest BCUT2D eigenvalue weighted by atomic mass is 10.1. The molecule has 1 aromatic heterocycles. The van der Waals surface area contributed by atoms with Gasteiger partial charge < -0.3 is 43.2 Å². The number of unbranched alkanes of at least 4 members (excludes halogenated alkanes) is 1. The zero-order valence-corrected chi connectivity index (χ0v) is 20.1. The van der Waals surface area contributed by atoms with Gasteiger partial charge in [-0.2, -0.15) is 12.6 Å². The fourth-order valence-electron chi connectivity index (χ4n) is 3.04. The number of aromatic amines is 1. The van der Waals surface area contributed by atoms with Crippen LogP contribution >= 0.6 is 12.6 Å². The summed E-state index contributed by atoms with van der Waals surface area (Å²) in [5.74, 6) is -4.12. The van der Waals surface area contributed by atoms with Crippen LogP contribution in [0.15, 0.2) is 12.5 Å². The molecule has 15 heteroatoms. The Morgan fingerprint density at radius 1 is 1.00 bits per heavy atom. The second kappa shape index (κ2) is 15.7. The average Bonchev–Trinajstić information content (AvgIpc) is 3.32. The molecule has 0 saturated carbocycles. The predicted octanol–water partition coefficient (Wildman–Crippen LogP) is -2.86. The monoisotopic (exact) mass is 514 g/mol. The zero-order valence-electron chi connectivity index (χ0n) is 19.2. The molecule has 0 spiro atoms. The number of nitrogens with two attached hydrogens (primary N) is 3. The van der Waals surface area contributed by atoms with E-state index in [1.165, 1.54) is 12.5 Å². The molecule has 4 unspecified atom stereocenters. The van der Waals surface area contributed by atoms with Gasteiger partial charge in [-0.05, 0) is 32.2 Å². The van der Waals surface area contributed by atoms with Crippen molar-refractivity contribution in [2.24, 2.45) is 17.2 Å². The van der Waals surface area contributed by atoms with Crippen LogP contribution in [0.3, 0.4) is 0 Å². The summed E-state index contributed by atoms with van der Waals surface area (Å²) >= 11 is 3.97. The van der Waals surface area contributed by atoms with Crippen LogP contribution in [0, 0.1) is 0 Å². The van der Waals surface area contributed by atoms with E-state index in [0.717, 1.165) is 0 Å². The molecule has 196 valence electrons. The van der Waals surface area contributed by atoms with Crippen LogP contribution in [-0.4, -0.2) is 81.1 Å². The molecule has 0 fully saturated rings. The van der Waals surface area contributed by atoms with Crippen molar-refractivity contribution in [3.8, 4) is 0 Å². The Bertz CT molecular complexity index is 853. The van der Waals surface area contributed by atoms with E-state index in [9.17, 15) is 29.1 Å². The number of thiol groups is 1. The van der Waals surface area contributed by atoms with E-state index in [2.05, 4.69) is 38.5 Å². The van der Waals surface area contributed by atoms with Gasteiger partial charge in [0.15, 0.2) is 0 Å². The Kier molecular flexibility index (Phi) is 13.4. The number of carboxylic acids is 1. The number of imidazole rings is 1. The maximum atomic E-state index is 13.1. The van der Waals surface area contributed by atoms with E-state index in [4.69, 9.17) is 17.2 Å². The molecule has 1 rings (SSSR count).